The van der Waals surface area contributed by atoms with Crippen LogP contribution < -0.4 is 4.74 Å². The Morgan fingerprint density at radius 3 is 2.53 bits per heavy atom. The predicted molar refractivity (Wildman–Crippen MR) is 70.5 cm³/mol. The van der Waals surface area contributed by atoms with Gasteiger partial charge < -0.3 is 4.74 Å². The van der Waals surface area contributed by atoms with E-state index >= 15 is 0 Å². The van der Waals surface area contributed by atoms with Crippen LogP contribution >= 0.6 is 0 Å². The number of aryl methyl sites for hydroxylation is 1. The first-order valence-electron chi connectivity index (χ1n) is 6.28. The zero-order chi connectivity index (χ0) is 12.8. The number of ether oxygens (including phenoxy) is 1. The molecule has 0 spiro atoms. The smallest absolute Gasteiger partial charge is 0.133 e. The van der Waals surface area contributed by atoms with Gasteiger partial charge >= 0.3 is 0 Å². The van der Waals surface area contributed by atoms with Crippen molar-refractivity contribution in [3.8, 4) is 5.75 Å². The zero-order valence-electron chi connectivity index (χ0n) is 11.2. The minimum Gasteiger partial charge on any atom is -0.496 e. The van der Waals surface area contributed by atoms with Gasteiger partial charge in [0.2, 0.25) is 0 Å². The van der Waals surface area contributed by atoms with E-state index in [9.17, 15) is 4.79 Å². The second-order valence-corrected chi connectivity index (χ2v) is 4.42. The minimum atomic E-state index is 0.107. The summed E-state index contributed by atoms with van der Waals surface area (Å²) in [4.78, 5) is 11.5. The van der Waals surface area contributed by atoms with Crippen LogP contribution in [-0.4, -0.2) is 12.9 Å². The summed E-state index contributed by atoms with van der Waals surface area (Å²) >= 11 is 0. The third-order valence-electron chi connectivity index (χ3n) is 3.29. The fraction of sp³-hybridized carbons (Fsp3) is 0.533. The topological polar surface area (TPSA) is 26.3 Å². The van der Waals surface area contributed by atoms with Crippen LogP contribution in [0.1, 0.15) is 38.3 Å². The minimum absolute atomic E-state index is 0.107. The summed E-state index contributed by atoms with van der Waals surface area (Å²) in [5, 5.41) is 0. The molecule has 94 valence electrons. The van der Waals surface area contributed by atoms with Crippen LogP contribution in [-0.2, 0) is 17.6 Å². The first kappa shape index (κ1) is 13.8. The molecule has 1 unspecified atom stereocenters. The summed E-state index contributed by atoms with van der Waals surface area (Å²) in [5.74, 6) is 1.26. The molecular formula is C15H22O2. The average Bonchev–Trinajstić information content (AvgIpc) is 2.35. The van der Waals surface area contributed by atoms with Crippen molar-refractivity contribution < 1.29 is 9.53 Å². The molecule has 2 nitrogen and oxygen atoms in total. The highest BCUT2D eigenvalue weighted by Crippen LogP contribution is 2.24. The molecular weight excluding hydrogens is 212 g/mol. The normalized spacial score (nSPS) is 12.2. The molecule has 1 aromatic rings. The molecule has 1 rings (SSSR count). The third kappa shape index (κ3) is 3.58. The monoisotopic (exact) mass is 234 g/mol. The number of methoxy groups -OCH3 is 1. The molecule has 0 aliphatic heterocycles. The van der Waals surface area contributed by atoms with Crippen LogP contribution in [0, 0.1) is 5.92 Å². The van der Waals surface area contributed by atoms with Crippen LogP contribution in [0.15, 0.2) is 18.2 Å². The Balaban J connectivity index is 2.97. The first-order valence-corrected chi connectivity index (χ1v) is 6.28. The Morgan fingerprint density at radius 1 is 1.35 bits per heavy atom. The molecule has 0 aliphatic rings. The van der Waals surface area contributed by atoms with E-state index in [0.29, 0.717) is 0 Å². The van der Waals surface area contributed by atoms with Gasteiger partial charge in [-0.15, -0.1) is 0 Å². The molecule has 17 heavy (non-hydrogen) atoms. The summed E-state index contributed by atoms with van der Waals surface area (Å²) < 4.78 is 5.36. The SMILES string of the molecule is CCc1ccc(OC)c(CC(CC)C(C)=O)c1. The largest absolute Gasteiger partial charge is 0.496 e. The second kappa shape index (κ2) is 6.43. The maximum atomic E-state index is 11.5. The van der Waals surface area contributed by atoms with Crippen molar-refractivity contribution >= 4 is 5.78 Å². The van der Waals surface area contributed by atoms with Crippen molar-refractivity contribution in [1.29, 1.82) is 0 Å². The number of benzene rings is 1. The predicted octanol–water partition coefficient (Wildman–Crippen LogP) is 3.42. The van der Waals surface area contributed by atoms with Gasteiger partial charge in [-0.05, 0) is 43.4 Å². The van der Waals surface area contributed by atoms with E-state index in [2.05, 4.69) is 26.0 Å². The Bertz CT molecular complexity index is 383. The van der Waals surface area contributed by atoms with Gasteiger partial charge in [-0.2, -0.15) is 0 Å². The van der Waals surface area contributed by atoms with Crippen molar-refractivity contribution in [3.63, 3.8) is 0 Å². The van der Waals surface area contributed by atoms with Gasteiger partial charge in [0, 0.05) is 5.92 Å². The van der Waals surface area contributed by atoms with Crippen molar-refractivity contribution in [3.05, 3.63) is 29.3 Å². The van der Waals surface area contributed by atoms with Crippen molar-refractivity contribution in [2.24, 2.45) is 5.92 Å². The summed E-state index contributed by atoms with van der Waals surface area (Å²) in [7, 11) is 1.68. The summed E-state index contributed by atoms with van der Waals surface area (Å²) in [6.07, 6.45) is 2.67. The van der Waals surface area contributed by atoms with Gasteiger partial charge in [-0.25, -0.2) is 0 Å². The molecule has 2 heteroatoms. The number of carbonyl (C=O) groups is 1. The summed E-state index contributed by atoms with van der Waals surface area (Å²) in [5.41, 5.74) is 2.44. The highest BCUT2D eigenvalue weighted by molar-refractivity contribution is 5.78. The van der Waals surface area contributed by atoms with Crippen molar-refractivity contribution in [1.82, 2.24) is 0 Å². The third-order valence-corrected chi connectivity index (χ3v) is 3.29. The highest BCUT2D eigenvalue weighted by Gasteiger charge is 2.15. The molecule has 0 saturated carbocycles. The number of hydrogen-bond acceptors (Lipinski definition) is 2. The van der Waals surface area contributed by atoms with Gasteiger partial charge in [0.05, 0.1) is 7.11 Å². The first-order chi connectivity index (χ1) is 8.12. The van der Waals surface area contributed by atoms with Crippen LogP contribution in [0.3, 0.4) is 0 Å². The van der Waals surface area contributed by atoms with Gasteiger partial charge in [0.1, 0.15) is 11.5 Å². The second-order valence-electron chi connectivity index (χ2n) is 4.42. The summed E-state index contributed by atoms with van der Waals surface area (Å²) in [6.45, 7) is 5.86. The number of hydrogen-bond donors (Lipinski definition) is 0. The van der Waals surface area contributed by atoms with E-state index in [1.54, 1.807) is 14.0 Å². The number of ketones is 1. The molecule has 0 radical (unpaired) electrons. The van der Waals surface area contributed by atoms with Gasteiger partial charge in [0.25, 0.3) is 0 Å². The van der Waals surface area contributed by atoms with Crippen LogP contribution in [0.25, 0.3) is 0 Å². The molecule has 0 aliphatic carbocycles. The van der Waals surface area contributed by atoms with Crippen molar-refractivity contribution in [2.75, 3.05) is 7.11 Å². The lowest BCUT2D eigenvalue weighted by Crippen LogP contribution is -2.13. The van der Waals surface area contributed by atoms with Gasteiger partial charge in [-0.1, -0.05) is 26.0 Å². The lowest BCUT2D eigenvalue weighted by molar-refractivity contribution is -0.120. The molecule has 0 aromatic heterocycles. The van der Waals surface area contributed by atoms with Gasteiger partial charge in [-0.3, -0.25) is 4.79 Å². The highest BCUT2D eigenvalue weighted by atomic mass is 16.5. The molecule has 1 aromatic carbocycles. The maximum Gasteiger partial charge on any atom is 0.133 e. The molecule has 0 fully saturated rings. The van der Waals surface area contributed by atoms with E-state index in [-0.39, 0.29) is 11.7 Å². The fourth-order valence-corrected chi connectivity index (χ4v) is 2.05. The van der Waals surface area contributed by atoms with E-state index < -0.39 is 0 Å². The molecule has 1 atom stereocenters. The standard InChI is InChI=1S/C15H22O2/c1-5-12-7-8-15(17-4)14(9-12)10-13(6-2)11(3)16/h7-9,13H,5-6,10H2,1-4H3. The number of carbonyl (C=O) groups excluding carboxylic acids is 1. The molecule has 0 heterocycles. The van der Waals surface area contributed by atoms with E-state index in [0.717, 1.165) is 30.6 Å². The Labute approximate surface area is 104 Å². The lowest BCUT2D eigenvalue weighted by atomic mass is 9.92. The van der Waals surface area contributed by atoms with Gasteiger partial charge in [0.15, 0.2) is 0 Å². The molecule has 0 N–H and O–H groups in total. The molecule has 0 bridgehead atoms. The Kier molecular flexibility index (Phi) is 5.20. The zero-order valence-corrected chi connectivity index (χ0v) is 11.2. The lowest BCUT2D eigenvalue weighted by Gasteiger charge is -2.15. The maximum absolute atomic E-state index is 11.5. The number of Topliss-reactive ketones (excluding diaryl/α,β-unsaturated/α-hetero) is 1. The number of rotatable bonds is 6. The van der Waals surface area contributed by atoms with Crippen LogP contribution in [0.4, 0.5) is 0 Å². The Morgan fingerprint density at radius 2 is 2.06 bits per heavy atom. The summed E-state index contributed by atoms with van der Waals surface area (Å²) in [6, 6.07) is 6.24. The average molecular weight is 234 g/mol. The van der Waals surface area contributed by atoms with E-state index in [1.807, 2.05) is 6.07 Å². The molecule has 0 saturated heterocycles. The van der Waals surface area contributed by atoms with E-state index in [4.69, 9.17) is 4.74 Å². The van der Waals surface area contributed by atoms with Crippen LogP contribution in [0.2, 0.25) is 0 Å². The van der Waals surface area contributed by atoms with Crippen molar-refractivity contribution in [2.45, 2.75) is 40.0 Å². The Hall–Kier alpha value is -1.31. The quantitative estimate of drug-likeness (QED) is 0.754. The molecule has 0 amide bonds. The van der Waals surface area contributed by atoms with E-state index in [1.165, 1.54) is 5.56 Å². The van der Waals surface area contributed by atoms with Crippen LogP contribution in [0.5, 0.6) is 5.75 Å². The fourth-order valence-electron chi connectivity index (χ4n) is 2.05.